The van der Waals surface area contributed by atoms with Crippen molar-refractivity contribution >= 4 is 22.2 Å². The maximum atomic E-state index is 10.1. The van der Waals surface area contributed by atoms with Gasteiger partial charge in [-0.15, -0.1) is 0 Å². The van der Waals surface area contributed by atoms with E-state index in [1.54, 1.807) is 0 Å². The molecule has 0 spiro atoms. The normalized spacial score (nSPS) is 11.3. The Morgan fingerprint density at radius 2 is 1.92 bits per heavy atom. The zero-order valence-electron chi connectivity index (χ0n) is 6.74. The van der Waals surface area contributed by atoms with Gasteiger partial charge in [-0.05, 0) is 19.4 Å². The highest BCUT2D eigenvalue weighted by Crippen LogP contribution is 1.96. The third-order valence-electron chi connectivity index (χ3n) is 1.29. The maximum absolute atomic E-state index is 10.1. The highest BCUT2D eigenvalue weighted by Gasteiger charge is 2.09. The number of rotatable bonds is 5. The molecule has 6 heteroatoms. The second kappa shape index (κ2) is 10.8. The molecule has 0 aromatic rings. The van der Waals surface area contributed by atoms with Gasteiger partial charge in [-0.3, -0.25) is 4.79 Å². The van der Waals surface area contributed by atoms with Crippen LogP contribution < -0.4 is 11.5 Å². The highest BCUT2D eigenvalue weighted by molar-refractivity contribution is 9.05. The number of carbonyl (C=O) groups is 1. The van der Waals surface area contributed by atoms with Crippen LogP contribution >= 0.6 is 16.3 Å². The number of carboxylic acids is 1. The lowest BCUT2D eigenvalue weighted by Gasteiger charge is -2.03. The quantitative estimate of drug-likeness (QED) is 0.500. The summed E-state index contributed by atoms with van der Waals surface area (Å²) in [5.74, 6) is -0.933. The van der Waals surface area contributed by atoms with Crippen molar-refractivity contribution in [2.75, 3.05) is 6.54 Å². The summed E-state index contributed by atoms with van der Waals surface area (Å²) in [6, 6.07) is -0.716. The molecule has 0 aliphatic rings. The van der Waals surface area contributed by atoms with E-state index in [1.807, 2.05) is 16.3 Å². The van der Waals surface area contributed by atoms with Gasteiger partial charge in [0.15, 0.2) is 0 Å². The van der Waals surface area contributed by atoms with Gasteiger partial charge in [-0.2, -0.15) is 0 Å². The number of hydrogen-bond donors (Lipinski definition) is 4. The molecule has 0 saturated carbocycles. The molecule has 1 atom stereocenters. The van der Waals surface area contributed by atoms with Gasteiger partial charge in [-0.25, -0.2) is 0 Å². The minimum absolute atomic E-state index is 0.520. The second-order valence-electron chi connectivity index (χ2n) is 2.23. The Hall–Kier alpha value is -0.170. The van der Waals surface area contributed by atoms with E-state index in [1.165, 1.54) is 0 Å². The van der Waals surface area contributed by atoms with Crippen molar-refractivity contribution in [1.82, 2.24) is 0 Å². The molecule has 12 heavy (non-hydrogen) atoms. The van der Waals surface area contributed by atoms with Crippen LogP contribution in [0, 0.1) is 0 Å². The average Bonchev–Trinajstić information content (AvgIpc) is 2.08. The molecule has 0 aliphatic carbocycles. The van der Waals surface area contributed by atoms with Crippen LogP contribution in [-0.2, 0) is 4.79 Å². The lowest BCUT2D eigenvalue weighted by atomic mass is 10.1. The second-order valence-corrected chi connectivity index (χ2v) is 2.23. The zero-order valence-corrected chi connectivity index (χ0v) is 8.33. The summed E-state index contributed by atoms with van der Waals surface area (Å²) in [5.41, 5.74) is 10.4. The van der Waals surface area contributed by atoms with Crippen LogP contribution in [0.15, 0.2) is 0 Å². The van der Waals surface area contributed by atoms with Gasteiger partial charge in [0.2, 0.25) is 0 Å². The lowest BCUT2D eigenvalue weighted by molar-refractivity contribution is -0.138. The summed E-state index contributed by atoms with van der Waals surface area (Å²) in [6.45, 7) is 0.604. The fourth-order valence-corrected chi connectivity index (χ4v) is 0.632. The molecule has 0 saturated heterocycles. The highest BCUT2D eigenvalue weighted by atomic mass is 79.9. The van der Waals surface area contributed by atoms with Crippen molar-refractivity contribution in [2.45, 2.75) is 25.3 Å². The largest absolute Gasteiger partial charge is 0.480 e. The first kappa shape index (κ1) is 14.4. The third-order valence-corrected chi connectivity index (χ3v) is 1.29. The fraction of sp³-hybridized carbons (Fsp3) is 0.833. The molecule has 6 N–H and O–H groups in total. The molecular formula is C6H15BrN2O3. The van der Waals surface area contributed by atoms with Crippen LogP contribution in [0.3, 0.4) is 0 Å². The van der Waals surface area contributed by atoms with Gasteiger partial charge in [0.1, 0.15) is 6.04 Å². The predicted molar refractivity (Wildman–Crippen MR) is 49.7 cm³/mol. The van der Waals surface area contributed by atoms with Crippen molar-refractivity contribution < 1.29 is 14.1 Å². The average molecular weight is 243 g/mol. The summed E-state index contributed by atoms with van der Waals surface area (Å²) in [4.78, 5) is 10.1. The van der Waals surface area contributed by atoms with Crippen molar-refractivity contribution in [2.24, 2.45) is 11.5 Å². The van der Waals surface area contributed by atoms with Gasteiger partial charge in [0.05, 0.1) is 16.3 Å². The number of halogens is 1. The molecule has 0 fully saturated rings. The number of unbranched alkanes of at least 4 members (excludes halogenated alkanes) is 1. The summed E-state index contributed by atoms with van der Waals surface area (Å²) in [6.07, 6.45) is 2.16. The van der Waals surface area contributed by atoms with E-state index >= 15 is 0 Å². The van der Waals surface area contributed by atoms with E-state index in [4.69, 9.17) is 20.8 Å². The molecule has 0 amide bonds. The first-order valence-corrected chi connectivity index (χ1v) is 4.24. The van der Waals surface area contributed by atoms with Gasteiger partial charge in [-0.1, -0.05) is 6.42 Å². The molecule has 0 aromatic heterocycles. The van der Waals surface area contributed by atoms with Crippen molar-refractivity contribution in [3.8, 4) is 0 Å². The molecule has 5 nitrogen and oxygen atoms in total. The summed E-state index contributed by atoms with van der Waals surface area (Å²) < 4.78 is 6.81. The standard InChI is InChI=1S/C6H14N2O2.BrHO/c7-4-2-1-3-5(8)6(9)10;1-2/h5H,1-4,7-8H2,(H,9,10);2H/t5-;/m0./s1. The number of carboxylic acid groups (broad SMARTS) is 1. The monoisotopic (exact) mass is 242 g/mol. The third kappa shape index (κ3) is 9.83. The van der Waals surface area contributed by atoms with Gasteiger partial charge in [0.25, 0.3) is 0 Å². The van der Waals surface area contributed by atoms with Crippen molar-refractivity contribution in [1.29, 1.82) is 0 Å². The van der Waals surface area contributed by atoms with Crippen LogP contribution in [0.4, 0.5) is 0 Å². The minimum atomic E-state index is -0.933. The Kier molecular flexibility index (Phi) is 13.0. The molecule has 74 valence electrons. The first-order chi connectivity index (χ1) is 5.68. The Morgan fingerprint density at radius 3 is 2.25 bits per heavy atom. The van der Waals surface area contributed by atoms with Crippen molar-refractivity contribution in [3.05, 3.63) is 0 Å². The fourth-order valence-electron chi connectivity index (χ4n) is 0.632. The van der Waals surface area contributed by atoms with Crippen LogP contribution in [0.1, 0.15) is 19.3 Å². The molecule has 0 rings (SSSR count). The van der Waals surface area contributed by atoms with Gasteiger partial charge < -0.3 is 20.8 Å². The molecule has 0 aliphatic heterocycles. The SMILES string of the molecule is NCCCC[C@H](N)C(=O)O.OBr. The molecule has 0 radical (unpaired) electrons. The number of hydrogen-bond acceptors (Lipinski definition) is 4. The van der Waals surface area contributed by atoms with E-state index < -0.39 is 12.0 Å². The van der Waals surface area contributed by atoms with E-state index in [2.05, 4.69) is 0 Å². The Morgan fingerprint density at radius 1 is 1.42 bits per heavy atom. The van der Waals surface area contributed by atoms with E-state index in [0.29, 0.717) is 13.0 Å². The lowest BCUT2D eigenvalue weighted by Crippen LogP contribution is -2.29. The molecular weight excluding hydrogens is 228 g/mol. The topological polar surface area (TPSA) is 110 Å². The first-order valence-electron chi connectivity index (χ1n) is 3.54. The molecule has 0 aromatic carbocycles. The summed E-state index contributed by atoms with van der Waals surface area (Å²) >= 11 is 1.94. The molecule has 0 bridgehead atoms. The summed E-state index contributed by atoms with van der Waals surface area (Å²) in [7, 11) is 0. The molecule has 0 unspecified atom stereocenters. The predicted octanol–water partition coefficient (Wildman–Crippen LogP) is -0.184. The zero-order chi connectivity index (χ0) is 9.98. The van der Waals surface area contributed by atoms with Gasteiger partial charge in [0, 0.05) is 0 Å². The molecule has 0 heterocycles. The Bertz CT molecular complexity index is 113. The number of aliphatic carboxylic acids is 1. The van der Waals surface area contributed by atoms with Crippen LogP contribution in [0.2, 0.25) is 0 Å². The van der Waals surface area contributed by atoms with Crippen LogP contribution in [-0.4, -0.2) is 27.9 Å². The Balaban J connectivity index is 0. The van der Waals surface area contributed by atoms with Gasteiger partial charge >= 0.3 is 5.97 Å². The Labute approximate surface area is 80.2 Å². The van der Waals surface area contributed by atoms with E-state index in [9.17, 15) is 4.79 Å². The maximum Gasteiger partial charge on any atom is 0.320 e. The number of nitrogens with two attached hydrogens (primary N) is 2. The van der Waals surface area contributed by atoms with E-state index in [-0.39, 0.29) is 0 Å². The van der Waals surface area contributed by atoms with Crippen LogP contribution in [0.5, 0.6) is 0 Å². The smallest absolute Gasteiger partial charge is 0.320 e. The van der Waals surface area contributed by atoms with Crippen molar-refractivity contribution in [3.63, 3.8) is 0 Å². The van der Waals surface area contributed by atoms with E-state index in [0.717, 1.165) is 12.8 Å². The van der Waals surface area contributed by atoms with Crippen LogP contribution in [0.25, 0.3) is 0 Å². The summed E-state index contributed by atoms with van der Waals surface area (Å²) in [5, 5.41) is 8.33. The minimum Gasteiger partial charge on any atom is -0.480 e.